The van der Waals surface area contributed by atoms with Gasteiger partial charge in [0.15, 0.2) is 11.5 Å². The second kappa shape index (κ2) is 2.95. The highest BCUT2D eigenvalue weighted by atomic mass is 16.4. The highest BCUT2D eigenvalue weighted by Gasteiger charge is 2.11. The van der Waals surface area contributed by atoms with Crippen LogP contribution in [0.25, 0.3) is 11.0 Å². The van der Waals surface area contributed by atoms with Gasteiger partial charge >= 0.3 is 5.97 Å². The van der Waals surface area contributed by atoms with Crippen molar-refractivity contribution in [1.82, 2.24) is 9.97 Å². The van der Waals surface area contributed by atoms with Gasteiger partial charge < -0.3 is 10.8 Å². The molecule has 1 aromatic heterocycles. The van der Waals surface area contributed by atoms with Crippen LogP contribution >= 0.6 is 0 Å². The van der Waals surface area contributed by atoms with Crippen LogP contribution in [-0.4, -0.2) is 21.0 Å². The van der Waals surface area contributed by atoms with Gasteiger partial charge in [0.05, 0.1) is 11.0 Å². The molecule has 0 aliphatic rings. The van der Waals surface area contributed by atoms with Crippen LogP contribution < -0.4 is 5.73 Å². The Hall–Kier alpha value is -2.17. The highest BCUT2D eigenvalue weighted by Crippen LogP contribution is 2.13. The molecule has 2 rings (SSSR count). The van der Waals surface area contributed by atoms with Crippen LogP contribution in [0.1, 0.15) is 10.5 Å². The van der Waals surface area contributed by atoms with Gasteiger partial charge in [0.2, 0.25) is 0 Å². The zero-order chi connectivity index (χ0) is 10.1. The van der Waals surface area contributed by atoms with Gasteiger partial charge in [0, 0.05) is 0 Å². The molecule has 0 fully saturated rings. The van der Waals surface area contributed by atoms with Crippen molar-refractivity contribution < 1.29 is 9.90 Å². The van der Waals surface area contributed by atoms with Crippen molar-refractivity contribution in [2.75, 3.05) is 5.73 Å². The van der Waals surface area contributed by atoms with E-state index in [1.54, 1.807) is 24.3 Å². The first-order valence-corrected chi connectivity index (χ1v) is 3.94. The predicted octanol–water partition coefficient (Wildman–Crippen LogP) is 0.910. The minimum absolute atomic E-state index is 0.0591. The SMILES string of the molecule is Nc1nc2ccccc2nc1C(=O)O. The van der Waals surface area contributed by atoms with E-state index >= 15 is 0 Å². The number of benzene rings is 1. The maximum atomic E-state index is 10.7. The summed E-state index contributed by atoms with van der Waals surface area (Å²) >= 11 is 0. The average Bonchev–Trinajstić information content (AvgIpc) is 2.16. The molecule has 0 aliphatic heterocycles. The lowest BCUT2D eigenvalue weighted by atomic mass is 10.3. The molecular formula is C9H7N3O2. The number of nitrogens with zero attached hydrogens (tertiary/aromatic N) is 2. The molecule has 2 aromatic rings. The summed E-state index contributed by atoms with van der Waals surface area (Å²) in [6.07, 6.45) is 0. The minimum atomic E-state index is -1.17. The lowest BCUT2D eigenvalue weighted by Crippen LogP contribution is -2.07. The third kappa shape index (κ3) is 1.24. The third-order valence-corrected chi connectivity index (χ3v) is 1.80. The van der Waals surface area contributed by atoms with Gasteiger partial charge in [-0.25, -0.2) is 14.8 Å². The van der Waals surface area contributed by atoms with Gasteiger partial charge in [-0.05, 0) is 12.1 Å². The average molecular weight is 189 g/mol. The van der Waals surface area contributed by atoms with Gasteiger partial charge in [-0.3, -0.25) is 0 Å². The summed E-state index contributed by atoms with van der Waals surface area (Å²) < 4.78 is 0. The van der Waals surface area contributed by atoms with Crippen LogP contribution in [0.15, 0.2) is 24.3 Å². The molecule has 70 valence electrons. The number of aromatic carboxylic acids is 1. The van der Waals surface area contributed by atoms with Gasteiger partial charge in [-0.15, -0.1) is 0 Å². The number of aromatic nitrogens is 2. The third-order valence-electron chi connectivity index (χ3n) is 1.80. The molecule has 1 heterocycles. The molecule has 1 aromatic carbocycles. The van der Waals surface area contributed by atoms with E-state index in [1.807, 2.05) is 0 Å². The van der Waals surface area contributed by atoms with E-state index in [-0.39, 0.29) is 11.5 Å². The summed E-state index contributed by atoms with van der Waals surface area (Å²) in [5, 5.41) is 8.74. The fraction of sp³-hybridized carbons (Fsp3) is 0. The van der Waals surface area contributed by atoms with Crippen LogP contribution in [0, 0.1) is 0 Å². The maximum Gasteiger partial charge on any atom is 0.358 e. The number of para-hydroxylation sites is 2. The molecule has 0 spiro atoms. The second-order valence-electron chi connectivity index (χ2n) is 2.75. The molecule has 0 saturated heterocycles. The molecule has 5 nitrogen and oxygen atoms in total. The van der Waals surface area contributed by atoms with E-state index in [1.165, 1.54) is 0 Å². The fourth-order valence-electron chi connectivity index (χ4n) is 1.17. The molecule has 0 atom stereocenters. The second-order valence-corrected chi connectivity index (χ2v) is 2.75. The molecule has 5 heteroatoms. The summed E-state index contributed by atoms with van der Waals surface area (Å²) in [5.41, 5.74) is 6.35. The number of nitrogen functional groups attached to an aromatic ring is 1. The number of carboxylic acids is 1. The van der Waals surface area contributed by atoms with Crippen LogP contribution in [0.5, 0.6) is 0 Å². The Balaban J connectivity index is 2.77. The molecule has 0 unspecified atom stereocenters. The van der Waals surface area contributed by atoms with E-state index < -0.39 is 5.97 Å². The first kappa shape index (κ1) is 8.43. The number of carboxylic acid groups (broad SMARTS) is 1. The summed E-state index contributed by atoms with van der Waals surface area (Å²) in [7, 11) is 0. The van der Waals surface area contributed by atoms with Crippen LogP contribution in [-0.2, 0) is 0 Å². The number of hydrogen-bond acceptors (Lipinski definition) is 4. The Morgan fingerprint density at radius 2 is 1.79 bits per heavy atom. The quantitative estimate of drug-likeness (QED) is 0.695. The van der Waals surface area contributed by atoms with Crippen molar-refractivity contribution in [3.8, 4) is 0 Å². The van der Waals surface area contributed by atoms with Gasteiger partial charge in [-0.2, -0.15) is 0 Å². The van der Waals surface area contributed by atoms with Crippen molar-refractivity contribution in [3.63, 3.8) is 0 Å². The largest absolute Gasteiger partial charge is 0.476 e. The molecule has 14 heavy (non-hydrogen) atoms. The summed E-state index contributed by atoms with van der Waals surface area (Å²) in [4.78, 5) is 18.5. The first-order valence-electron chi connectivity index (χ1n) is 3.94. The van der Waals surface area contributed by atoms with Gasteiger partial charge in [-0.1, -0.05) is 12.1 Å². The minimum Gasteiger partial charge on any atom is -0.476 e. The molecular weight excluding hydrogens is 182 g/mol. The normalized spacial score (nSPS) is 10.3. The molecule has 0 bridgehead atoms. The lowest BCUT2D eigenvalue weighted by molar-refractivity contribution is 0.0692. The number of anilines is 1. The Kier molecular flexibility index (Phi) is 1.78. The molecule has 0 radical (unpaired) electrons. The van der Waals surface area contributed by atoms with E-state index in [4.69, 9.17) is 10.8 Å². The van der Waals surface area contributed by atoms with Crippen molar-refractivity contribution in [1.29, 1.82) is 0 Å². The Labute approximate surface area is 79.2 Å². The zero-order valence-corrected chi connectivity index (χ0v) is 7.14. The summed E-state index contributed by atoms with van der Waals surface area (Å²) in [6, 6.07) is 6.97. The Morgan fingerprint density at radius 3 is 2.36 bits per heavy atom. The van der Waals surface area contributed by atoms with Crippen molar-refractivity contribution in [2.24, 2.45) is 0 Å². The smallest absolute Gasteiger partial charge is 0.358 e. The fourth-order valence-corrected chi connectivity index (χ4v) is 1.17. The Bertz CT molecular complexity index is 510. The first-order chi connectivity index (χ1) is 6.68. The number of rotatable bonds is 1. The molecule has 0 amide bonds. The van der Waals surface area contributed by atoms with Crippen LogP contribution in [0.3, 0.4) is 0 Å². The highest BCUT2D eigenvalue weighted by molar-refractivity contribution is 5.93. The zero-order valence-electron chi connectivity index (χ0n) is 7.14. The van der Waals surface area contributed by atoms with Crippen LogP contribution in [0.2, 0.25) is 0 Å². The van der Waals surface area contributed by atoms with Gasteiger partial charge in [0.1, 0.15) is 0 Å². The van der Waals surface area contributed by atoms with E-state index in [2.05, 4.69) is 9.97 Å². The predicted molar refractivity (Wildman–Crippen MR) is 50.9 cm³/mol. The number of carbonyl (C=O) groups is 1. The Morgan fingerprint density at radius 1 is 1.21 bits per heavy atom. The number of nitrogens with two attached hydrogens (primary N) is 1. The number of fused-ring (bicyclic) bond motifs is 1. The van der Waals surface area contributed by atoms with E-state index in [0.29, 0.717) is 11.0 Å². The van der Waals surface area contributed by atoms with Crippen molar-refractivity contribution in [2.45, 2.75) is 0 Å². The molecule has 0 aliphatic carbocycles. The van der Waals surface area contributed by atoms with Gasteiger partial charge in [0.25, 0.3) is 0 Å². The summed E-state index contributed by atoms with van der Waals surface area (Å²) in [5.74, 6) is -1.23. The van der Waals surface area contributed by atoms with Crippen molar-refractivity contribution >= 4 is 22.8 Å². The monoisotopic (exact) mass is 189 g/mol. The van der Waals surface area contributed by atoms with Crippen molar-refractivity contribution in [3.05, 3.63) is 30.0 Å². The van der Waals surface area contributed by atoms with Crippen LogP contribution in [0.4, 0.5) is 5.82 Å². The van der Waals surface area contributed by atoms with E-state index in [9.17, 15) is 4.79 Å². The summed E-state index contributed by atoms with van der Waals surface area (Å²) in [6.45, 7) is 0. The topological polar surface area (TPSA) is 89.1 Å². The molecule has 3 N–H and O–H groups in total. The lowest BCUT2D eigenvalue weighted by Gasteiger charge is -2.01. The maximum absolute atomic E-state index is 10.7. The molecule has 0 saturated carbocycles. The number of hydrogen-bond donors (Lipinski definition) is 2. The standard InChI is InChI=1S/C9H7N3O2/c10-8-7(9(13)14)11-5-3-1-2-4-6(5)12-8/h1-4H,(H2,10,12)(H,13,14). The van der Waals surface area contributed by atoms with E-state index in [0.717, 1.165) is 0 Å².